The molecule has 178 valence electrons. The number of hydrogen-bond donors (Lipinski definition) is 0. The number of rotatable bonds is 8. The molecule has 0 amide bonds. The zero-order valence-corrected chi connectivity index (χ0v) is 20.6. The Morgan fingerprint density at radius 2 is 1.91 bits per heavy atom. The van der Waals surface area contributed by atoms with Crippen LogP contribution in [0.5, 0.6) is 5.75 Å². The van der Waals surface area contributed by atoms with Gasteiger partial charge in [-0.05, 0) is 68.9 Å². The molecular weight excluding hydrogens is 438 g/mol. The smallest absolute Gasteiger partial charge is 0.307 e. The Bertz CT molecular complexity index is 950. The summed E-state index contributed by atoms with van der Waals surface area (Å²) in [4.78, 5) is 14.3. The Morgan fingerprint density at radius 1 is 1.15 bits per heavy atom. The molecular formula is C27H34ClNO4. The number of hydrogen-bond acceptors (Lipinski definition) is 5. The van der Waals surface area contributed by atoms with Gasteiger partial charge < -0.3 is 14.2 Å². The molecule has 2 aliphatic rings. The molecule has 0 N–H and O–H groups in total. The summed E-state index contributed by atoms with van der Waals surface area (Å²) in [6.07, 6.45) is 2.84. The monoisotopic (exact) mass is 471 g/mol. The summed E-state index contributed by atoms with van der Waals surface area (Å²) in [7, 11) is 0. The molecule has 1 unspecified atom stereocenters. The standard InChI is InChI=1S/C27H34ClNO4/c1-27(2,3)33-26(30)13-14-29-15-16-31-25(17-29)20-9-11-21(12-10-20)32-18-23-22(19-7-8-19)5-4-6-24(23)28/h4-6,9-12,19,25H,7-8,13-18H2,1-3H3. The molecule has 2 aromatic rings. The Balaban J connectivity index is 1.29. The first-order valence-corrected chi connectivity index (χ1v) is 12.2. The molecule has 0 radical (unpaired) electrons. The Hall–Kier alpha value is -2.08. The average Bonchev–Trinajstić information content (AvgIpc) is 3.62. The number of benzene rings is 2. The van der Waals surface area contributed by atoms with E-state index < -0.39 is 5.60 Å². The van der Waals surface area contributed by atoms with Crippen LogP contribution in [0.25, 0.3) is 0 Å². The maximum Gasteiger partial charge on any atom is 0.307 e. The van der Waals surface area contributed by atoms with E-state index in [4.69, 9.17) is 25.8 Å². The third-order valence-electron chi connectivity index (χ3n) is 6.01. The van der Waals surface area contributed by atoms with Crippen LogP contribution in [-0.2, 0) is 20.9 Å². The van der Waals surface area contributed by atoms with Crippen molar-refractivity contribution in [3.05, 3.63) is 64.2 Å². The van der Waals surface area contributed by atoms with E-state index >= 15 is 0 Å². The van der Waals surface area contributed by atoms with E-state index in [1.807, 2.05) is 45.0 Å². The zero-order valence-electron chi connectivity index (χ0n) is 19.8. The summed E-state index contributed by atoms with van der Waals surface area (Å²) < 4.78 is 17.5. The van der Waals surface area contributed by atoms with Gasteiger partial charge >= 0.3 is 5.97 Å². The minimum atomic E-state index is -0.445. The molecule has 0 aromatic heterocycles. The first-order chi connectivity index (χ1) is 15.8. The van der Waals surface area contributed by atoms with Gasteiger partial charge in [0.05, 0.1) is 19.1 Å². The summed E-state index contributed by atoms with van der Waals surface area (Å²) in [5.74, 6) is 1.29. The third kappa shape index (κ3) is 6.95. The molecule has 5 nitrogen and oxygen atoms in total. The number of esters is 1. The van der Waals surface area contributed by atoms with Crippen molar-refractivity contribution in [3.63, 3.8) is 0 Å². The highest BCUT2D eigenvalue weighted by Crippen LogP contribution is 2.43. The number of carbonyl (C=O) groups is 1. The summed E-state index contributed by atoms with van der Waals surface area (Å²) in [6, 6.07) is 14.2. The number of carbonyl (C=O) groups excluding carboxylic acids is 1. The second-order valence-corrected chi connectivity index (χ2v) is 10.3. The normalized spacial score (nSPS) is 19.3. The third-order valence-corrected chi connectivity index (χ3v) is 6.36. The van der Waals surface area contributed by atoms with Crippen LogP contribution in [0.15, 0.2) is 42.5 Å². The van der Waals surface area contributed by atoms with Crippen molar-refractivity contribution in [2.24, 2.45) is 0 Å². The van der Waals surface area contributed by atoms with Gasteiger partial charge in [-0.25, -0.2) is 0 Å². The van der Waals surface area contributed by atoms with E-state index in [-0.39, 0.29) is 12.1 Å². The molecule has 0 bridgehead atoms. The largest absolute Gasteiger partial charge is 0.489 e. The highest BCUT2D eigenvalue weighted by Gasteiger charge is 2.27. The lowest BCUT2D eigenvalue weighted by Crippen LogP contribution is -2.39. The van der Waals surface area contributed by atoms with Crippen LogP contribution in [0.3, 0.4) is 0 Å². The van der Waals surface area contributed by atoms with Crippen LogP contribution in [0.4, 0.5) is 0 Å². The lowest BCUT2D eigenvalue weighted by Gasteiger charge is -2.33. The molecule has 1 saturated carbocycles. The van der Waals surface area contributed by atoms with Crippen LogP contribution >= 0.6 is 11.6 Å². The Labute approximate surface area is 202 Å². The molecule has 1 atom stereocenters. The summed E-state index contributed by atoms with van der Waals surface area (Å²) in [5, 5.41) is 0.776. The van der Waals surface area contributed by atoms with Gasteiger partial charge in [0.2, 0.25) is 0 Å². The van der Waals surface area contributed by atoms with Crippen molar-refractivity contribution in [1.29, 1.82) is 0 Å². The lowest BCUT2D eigenvalue weighted by molar-refractivity contribution is -0.155. The van der Waals surface area contributed by atoms with E-state index in [2.05, 4.69) is 23.1 Å². The highest BCUT2D eigenvalue weighted by atomic mass is 35.5. The molecule has 2 aromatic carbocycles. The van der Waals surface area contributed by atoms with Crippen molar-refractivity contribution in [2.75, 3.05) is 26.2 Å². The van der Waals surface area contributed by atoms with E-state index in [1.165, 1.54) is 18.4 Å². The summed E-state index contributed by atoms with van der Waals surface area (Å²) in [5.41, 5.74) is 3.09. The van der Waals surface area contributed by atoms with E-state index in [9.17, 15) is 4.79 Å². The predicted molar refractivity (Wildman–Crippen MR) is 130 cm³/mol. The summed E-state index contributed by atoms with van der Waals surface area (Å²) >= 11 is 6.45. The highest BCUT2D eigenvalue weighted by molar-refractivity contribution is 6.31. The first kappa shape index (κ1) is 24.1. The van der Waals surface area contributed by atoms with Gasteiger partial charge in [0.1, 0.15) is 18.0 Å². The Morgan fingerprint density at radius 3 is 2.61 bits per heavy atom. The quantitative estimate of drug-likeness (QED) is 0.448. The van der Waals surface area contributed by atoms with Crippen molar-refractivity contribution < 1.29 is 19.0 Å². The number of nitrogens with zero attached hydrogens (tertiary/aromatic N) is 1. The molecule has 4 rings (SSSR count). The maximum atomic E-state index is 12.0. The molecule has 33 heavy (non-hydrogen) atoms. The van der Waals surface area contributed by atoms with Crippen LogP contribution < -0.4 is 4.74 Å². The molecule has 6 heteroatoms. The fourth-order valence-corrected chi connectivity index (χ4v) is 4.42. The second-order valence-electron chi connectivity index (χ2n) is 9.94. The second kappa shape index (κ2) is 10.5. The van der Waals surface area contributed by atoms with E-state index in [1.54, 1.807) is 0 Å². The van der Waals surface area contributed by atoms with Crippen LogP contribution in [0.1, 0.15) is 68.7 Å². The number of morpholine rings is 1. The fourth-order valence-electron chi connectivity index (χ4n) is 4.19. The van der Waals surface area contributed by atoms with Gasteiger partial charge in [0.15, 0.2) is 0 Å². The topological polar surface area (TPSA) is 48.0 Å². The zero-order chi connectivity index (χ0) is 23.4. The van der Waals surface area contributed by atoms with Crippen LogP contribution in [0, 0.1) is 0 Å². The van der Waals surface area contributed by atoms with Gasteiger partial charge in [-0.2, -0.15) is 0 Å². The van der Waals surface area contributed by atoms with Gasteiger partial charge in [0.25, 0.3) is 0 Å². The molecule has 1 heterocycles. The number of halogens is 1. The first-order valence-electron chi connectivity index (χ1n) is 11.8. The maximum absolute atomic E-state index is 12.0. The predicted octanol–water partition coefficient (Wildman–Crippen LogP) is 5.90. The summed E-state index contributed by atoms with van der Waals surface area (Å²) in [6.45, 7) is 9.06. The Kier molecular flexibility index (Phi) is 7.62. The minimum absolute atomic E-state index is 0.0172. The minimum Gasteiger partial charge on any atom is -0.489 e. The van der Waals surface area contributed by atoms with Crippen molar-refractivity contribution in [1.82, 2.24) is 4.90 Å². The van der Waals surface area contributed by atoms with Gasteiger partial charge in [-0.3, -0.25) is 9.69 Å². The van der Waals surface area contributed by atoms with Gasteiger partial charge in [-0.1, -0.05) is 35.9 Å². The molecule has 2 fully saturated rings. The molecule has 1 saturated heterocycles. The molecule has 0 spiro atoms. The van der Waals surface area contributed by atoms with Crippen molar-refractivity contribution in [2.45, 2.75) is 64.3 Å². The molecule has 1 aliphatic carbocycles. The lowest BCUT2D eigenvalue weighted by atomic mass is 10.0. The fraction of sp³-hybridized carbons (Fsp3) is 0.519. The SMILES string of the molecule is CC(C)(C)OC(=O)CCN1CCOC(c2ccc(OCc3c(Cl)cccc3C3CC3)cc2)C1. The van der Waals surface area contributed by atoms with Crippen molar-refractivity contribution >= 4 is 17.6 Å². The van der Waals surface area contributed by atoms with E-state index in [0.717, 1.165) is 35.0 Å². The van der Waals surface area contributed by atoms with Crippen LogP contribution in [0.2, 0.25) is 5.02 Å². The van der Waals surface area contributed by atoms with Gasteiger partial charge in [0, 0.05) is 30.2 Å². The average molecular weight is 472 g/mol. The van der Waals surface area contributed by atoms with Gasteiger partial charge in [-0.15, -0.1) is 0 Å². The number of ether oxygens (including phenoxy) is 3. The molecule has 1 aliphatic heterocycles. The van der Waals surface area contributed by atoms with Crippen molar-refractivity contribution in [3.8, 4) is 5.75 Å². The van der Waals surface area contributed by atoms with Crippen LogP contribution in [-0.4, -0.2) is 42.7 Å². The van der Waals surface area contributed by atoms with E-state index in [0.29, 0.717) is 32.1 Å².